The lowest BCUT2D eigenvalue weighted by atomic mass is 10.1. The Morgan fingerprint density at radius 1 is 1.04 bits per heavy atom. The van der Waals surface area contributed by atoms with Crippen molar-refractivity contribution in [2.75, 3.05) is 39.5 Å². The lowest BCUT2D eigenvalue weighted by molar-refractivity contribution is -0.387. The Kier molecular flexibility index (Phi) is 4.74. The summed E-state index contributed by atoms with van der Waals surface area (Å²) in [5.41, 5.74) is -0.0378. The summed E-state index contributed by atoms with van der Waals surface area (Å²) in [7, 11) is 0. The Bertz CT molecular complexity index is 675. The number of hydrogen-bond acceptors (Lipinski definition) is 6. The van der Waals surface area contributed by atoms with Crippen molar-refractivity contribution in [3.8, 4) is 11.5 Å². The quantitative estimate of drug-likeness (QED) is 0.506. The molecule has 23 heavy (non-hydrogen) atoms. The molecule has 2 aliphatic heterocycles. The van der Waals surface area contributed by atoms with Crippen LogP contribution < -0.4 is 9.47 Å². The maximum absolute atomic E-state index is 12.8. The van der Waals surface area contributed by atoms with Crippen molar-refractivity contribution in [2.45, 2.75) is 0 Å². The molecule has 1 fully saturated rings. The highest BCUT2D eigenvalue weighted by Gasteiger charge is 2.37. The zero-order valence-electron chi connectivity index (χ0n) is 11.8. The van der Waals surface area contributed by atoms with Crippen molar-refractivity contribution in [3.05, 3.63) is 24.6 Å². The molecule has 0 aliphatic carbocycles. The van der Waals surface area contributed by atoms with Crippen molar-refractivity contribution in [2.24, 2.45) is 0 Å². The van der Waals surface area contributed by atoms with Gasteiger partial charge in [-0.2, -0.15) is 0 Å². The van der Waals surface area contributed by atoms with Crippen LogP contribution in [0.1, 0.15) is 10.4 Å². The molecule has 10 heteroatoms. The minimum Gasteiger partial charge on any atom is -0.485 e. The van der Waals surface area contributed by atoms with Gasteiger partial charge in [0.15, 0.2) is 5.75 Å². The number of ether oxygens (including phenoxy) is 3. The molecular weight excluding hydrogens is 440 g/mol. The van der Waals surface area contributed by atoms with Gasteiger partial charge in [0.25, 0.3) is 5.91 Å². The van der Waals surface area contributed by atoms with Crippen molar-refractivity contribution in [1.29, 1.82) is 0 Å². The van der Waals surface area contributed by atoms with Crippen LogP contribution in [0.15, 0.2) is 8.95 Å². The second-order valence-corrected chi connectivity index (χ2v) is 6.45. The summed E-state index contributed by atoms with van der Waals surface area (Å²) >= 11 is 6.46. The third kappa shape index (κ3) is 2.90. The average molecular weight is 452 g/mol. The van der Waals surface area contributed by atoms with Gasteiger partial charge in [-0.3, -0.25) is 14.9 Å². The van der Waals surface area contributed by atoms with Gasteiger partial charge in [0.1, 0.15) is 23.2 Å². The molecule has 0 atom stereocenters. The fraction of sp³-hybridized carbons (Fsp3) is 0.462. The van der Waals surface area contributed by atoms with Gasteiger partial charge in [-0.05, 0) is 31.9 Å². The van der Waals surface area contributed by atoms with E-state index in [2.05, 4.69) is 31.9 Å². The summed E-state index contributed by atoms with van der Waals surface area (Å²) in [5, 5.41) is 11.3. The van der Waals surface area contributed by atoms with E-state index >= 15 is 0 Å². The van der Waals surface area contributed by atoms with Crippen molar-refractivity contribution >= 4 is 43.5 Å². The van der Waals surface area contributed by atoms with Gasteiger partial charge >= 0.3 is 5.69 Å². The SMILES string of the molecule is O=C(c1c(Br)c(Br)c([N+](=O)[O-])c2c1OCCO2)N1CCOCC1. The Labute approximate surface area is 148 Å². The molecule has 1 aromatic carbocycles. The van der Waals surface area contributed by atoms with E-state index < -0.39 is 4.92 Å². The number of benzene rings is 1. The molecule has 0 aromatic heterocycles. The zero-order valence-corrected chi connectivity index (χ0v) is 15.0. The van der Waals surface area contributed by atoms with Gasteiger partial charge in [0.2, 0.25) is 5.75 Å². The predicted molar refractivity (Wildman–Crippen MR) is 86.2 cm³/mol. The molecule has 2 aliphatic rings. The standard InChI is InChI=1S/C13H12Br2N2O6/c14-8-7(13(18)16-1-3-21-4-2-16)11-12(23-6-5-22-11)10(9(8)15)17(19)20/h1-6H2. The molecule has 0 bridgehead atoms. The number of nitro benzene ring substituents is 1. The maximum Gasteiger partial charge on any atom is 0.330 e. The van der Waals surface area contributed by atoms with Crippen molar-refractivity contribution in [3.63, 3.8) is 0 Å². The predicted octanol–water partition coefficient (Wildman–Crippen LogP) is 2.36. The molecule has 8 nitrogen and oxygen atoms in total. The average Bonchev–Trinajstić information content (AvgIpc) is 2.56. The van der Waals surface area contributed by atoms with Crippen LogP contribution in [0.3, 0.4) is 0 Å². The fourth-order valence-corrected chi connectivity index (χ4v) is 3.53. The number of morpholine rings is 1. The Balaban J connectivity index is 2.14. The maximum atomic E-state index is 12.8. The van der Waals surface area contributed by atoms with Crippen LogP contribution in [0.5, 0.6) is 11.5 Å². The van der Waals surface area contributed by atoms with E-state index in [1.807, 2.05) is 0 Å². The second-order valence-electron chi connectivity index (χ2n) is 4.87. The summed E-state index contributed by atoms with van der Waals surface area (Å²) in [6.07, 6.45) is 0. The molecule has 1 aromatic rings. The number of fused-ring (bicyclic) bond motifs is 1. The number of carbonyl (C=O) groups excluding carboxylic acids is 1. The number of nitrogens with zero attached hydrogens (tertiary/aromatic N) is 2. The minimum absolute atomic E-state index is 0.0204. The molecule has 124 valence electrons. The number of carbonyl (C=O) groups is 1. The zero-order chi connectivity index (χ0) is 16.6. The molecule has 0 spiro atoms. The number of nitro groups is 1. The van der Waals surface area contributed by atoms with E-state index in [0.29, 0.717) is 26.3 Å². The van der Waals surface area contributed by atoms with E-state index in [-0.39, 0.29) is 50.8 Å². The molecule has 3 rings (SSSR count). The normalized spacial score (nSPS) is 17.0. The highest BCUT2D eigenvalue weighted by atomic mass is 79.9. The first kappa shape index (κ1) is 16.5. The van der Waals surface area contributed by atoms with Crippen LogP contribution in [-0.2, 0) is 4.74 Å². The van der Waals surface area contributed by atoms with Gasteiger partial charge in [-0.15, -0.1) is 0 Å². The Hall–Kier alpha value is -1.39. The van der Waals surface area contributed by atoms with Crippen LogP contribution in [0, 0.1) is 10.1 Å². The fourth-order valence-electron chi connectivity index (χ4n) is 2.47. The monoisotopic (exact) mass is 450 g/mol. The van der Waals surface area contributed by atoms with E-state index in [9.17, 15) is 14.9 Å². The molecular formula is C13H12Br2N2O6. The van der Waals surface area contributed by atoms with Gasteiger partial charge in [-0.1, -0.05) is 0 Å². The first-order chi connectivity index (χ1) is 11.0. The molecule has 0 radical (unpaired) electrons. The van der Waals surface area contributed by atoms with Gasteiger partial charge in [0.05, 0.1) is 22.6 Å². The van der Waals surface area contributed by atoms with E-state index in [0.717, 1.165) is 0 Å². The molecule has 0 unspecified atom stereocenters. The Morgan fingerprint density at radius 3 is 2.26 bits per heavy atom. The first-order valence-electron chi connectivity index (χ1n) is 6.84. The van der Waals surface area contributed by atoms with Crippen molar-refractivity contribution < 1.29 is 23.9 Å². The molecule has 0 saturated carbocycles. The lowest BCUT2D eigenvalue weighted by Crippen LogP contribution is -2.41. The number of rotatable bonds is 2. The van der Waals surface area contributed by atoms with E-state index in [4.69, 9.17) is 14.2 Å². The van der Waals surface area contributed by atoms with Gasteiger partial charge in [-0.25, -0.2) is 0 Å². The first-order valence-corrected chi connectivity index (χ1v) is 8.43. The molecule has 1 saturated heterocycles. The van der Waals surface area contributed by atoms with Crippen LogP contribution in [0.4, 0.5) is 5.69 Å². The van der Waals surface area contributed by atoms with Crippen molar-refractivity contribution in [1.82, 2.24) is 4.90 Å². The third-order valence-electron chi connectivity index (χ3n) is 3.54. The largest absolute Gasteiger partial charge is 0.485 e. The summed E-state index contributed by atoms with van der Waals surface area (Å²) in [6.45, 7) is 2.23. The highest BCUT2D eigenvalue weighted by Crippen LogP contribution is 2.51. The second kappa shape index (κ2) is 6.62. The molecule has 0 N–H and O–H groups in total. The number of halogens is 2. The van der Waals surface area contributed by atoms with Crippen LogP contribution in [0.2, 0.25) is 0 Å². The summed E-state index contributed by atoms with van der Waals surface area (Å²) < 4.78 is 16.6. The van der Waals surface area contributed by atoms with Crippen LogP contribution in [0.25, 0.3) is 0 Å². The molecule has 1 amide bonds. The number of hydrogen-bond donors (Lipinski definition) is 0. The van der Waals surface area contributed by atoms with Crippen LogP contribution >= 0.6 is 31.9 Å². The third-order valence-corrected chi connectivity index (χ3v) is 5.64. The van der Waals surface area contributed by atoms with E-state index in [1.54, 1.807) is 4.90 Å². The molecule has 2 heterocycles. The highest BCUT2D eigenvalue weighted by molar-refractivity contribution is 9.13. The summed E-state index contributed by atoms with van der Waals surface area (Å²) in [5.74, 6) is -0.194. The van der Waals surface area contributed by atoms with Gasteiger partial charge < -0.3 is 19.1 Å². The van der Waals surface area contributed by atoms with Crippen LogP contribution in [-0.4, -0.2) is 55.2 Å². The van der Waals surface area contributed by atoms with E-state index in [1.165, 1.54) is 0 Å². The minimum atomic E-state index is -0.564. The summed E-state index contributed by atoms with van der Waals surface area (Å²) in [4.78, 5) is 25.2. The smallest absolute Gasteiger partial charge is 0.330 e. The number of amides is 1. The Morgan fingerprint density at radius 2 is 1.65 bits per heavy atom. The summed E-state index contributed by atoms with van der Waals surface area (Å²) in [6, 6.07) is 0. The van der Waals surface area contributed by atoms with Gasteiger partial charge in [0, 0.05) is 13.1 Å². The lowest BCUT2D eigenvalue weighted by Gasteiger charge is -2.29. The topological polar surface area (TPSA) is 91.1 Å².